The first-order valence-electron chi connectivity index (χ1n) is 9.76. The summed E-state index contributed by atoms with van der Waals surface area (Å²) in [6, 6.07) is 13.9. The number of ether oxygens (including phenoxy) is 1. The lowest BCUT2D eigenvalue weighted by atomic mass is 10.0. The van der Waals surface area contributed by atoms with Gasteiger partial charge in [-0.3, -0.25) is 9.59 Å². The molecule has 1 fully saturated rings. The second kappa shape index (κ2) is 10.5. The van der Waals surface area contributed by atoms with Gasteiger partial charge >= 0.3 is 0 Å². The number of benzene rings is 2. The van der Waals surface area contributed by atoms with Crippen LogP contribution >= 0.6 is 23.2 Å². The number of piperidine rings is 1. The number of carbonyl (C=O) groups excluding carboxylic acids is 2. The summed E-state index contributed by atoms with van der Waals surface area (Å²) in [5.74, 6) is 0.417. The van der Waals surface area contributed by atoms with Gasteiger partial charge in [-0.05, 0) is 43.0 Å². The molecule has 1 atom stereocenters. The van der Waals surface area contributed by atoms with E-state index in [1.54, 1.807) is 23.1 Å². The minimum Gasteiger partial charge on any atom is -0.492 e. The zero-order chi connectivity index (χ0) is 20.6. The van der Waals surface area contributed by atoms with Gasteiger partial charge in [0.1, 0.15) is 11.8 Å². The van der Waals surface area contributed by atoms with Crippen molar-refractivity contribution in [3.8, 4) is 5.75 Å². The molecule has 1 unspecified atom stereocenters. The minimum atomic E-state index is -0.601. The zero-order valence-corrected chi connectivity index (χ0v) is 17.6. The van der Waals surface area contributed by atoms with Crippen molar-refractivity contribution in [2.75, 3.05) is 19.7 Å². The van der Waals surface area contributed by atoms with Crippen LogP contribution in [0.3, 0.4) is 0 Å². The molecule has 0 saturated carbocycles. The molecule has 0 bridgehead atoms. The van der Waals surface area contributed by atoms with E-state index in [0.717, 1.165) is 18.4 Å². The SMILES string of the molecule is O=C(NCCCOc1ccc(Cl)cc1Cl)C(c1ccccc1)N1CCCCC1=O. The normalized spacial score (nSPS) is 15.1. The Hall–Kier alpha value is -2.24. The van der Waals surface area contributed by atoms with E-state index in [-0.39, 0.29) is 11.8 Å². The van der Waals surface area contributed by atoms with Crippen molar-refractivity contribution in [1.82, 2.24) is 10.2 Å². The van der Waals surface area contributed by atoms with Gasteiger partial charge in [0, 0.05) is 24.5 Å². The van der Waals surface area contributed by atoms with Crippen molar-refractivity contribution < 1.29 is 14.3 Å². The largest absolute Gasteiger partial charge is 0.492 e. The maximum absolute atomic E-state index is 12.9. The van der Waals surface area contributed by atoms with E-state index >= 15 is 0 Å². The summed E-state index contributed by atoms with van der Waals surface area (Å²) >= 11 is 12.0. The molecule has 0 aliphatic carbocycles. The first-order chi connectivity index (χ1) is 14.1. The van der Waals surface area contributed by atoms with Crippen molar-refractivity contribution >= 4 is 35.0 Å². The molecule has 1 saturated heterocycles. The van der Waals surface area contributed by atoms with Crippen LogP contribution in [0.4, 0.5) is 0 Å². The fraction of sp³-hybridized carbons (Fsp3) is 0.364. The molecule has 1 heterocycles. The van der Waals surface area contributed by atoms with Crippen LogP contribution < -0.4 is 10.1 Å². The van der Waals surface area contributed by atoms with Gasteiger partial charge in [-0.15, -0.1) is 0 Å². The predicted molar refractivity (Wildman–Crippen MR) is 114 cm³/mol. The van der Waals surface area contributed by atoms with E-state index in [1.807, 2.05) is 30.3 Å². The van der Waals surface area contributed by atoms with Crippen molar-refractivity contribution in [3.05, 3.63) is 64.1 Å². The fourth-order valence-corrected chi connectivity index (χ4v) is 3.83. The molecule has 154 valence electrons. The van der Waals surface area contributed by atoms with Crippen LogP contribution in [0, 0.1) is 0 Å². The summed E-state index contributed by atoms with van der Waals surface area (Å²) in [6.07, 6.45) is 2.90. The molecule has 7 heteroatoms. The summed E-state index contributed by atoms with van der Waals surface area (Å²) in [5, 5.41) is 3.95. The molecule has 2 aromatic carbocycles. The first kappa shape index (κ1) is 21.5. The predicted octanol–water partition coefficient (Wildman–Crippen LogP) is 4.63. The Labute approximate surface area is 180 Å². The van der Waals surface area contributed by atoms with Crippen LogP contribution in [-0.2, 0) is 9.59 Å². The smallest absolute Gasteiger partial charge is 0.247 e. The molecule has 3 rings (SSSR count). The Bertz CT molecular complexity index is 845. The van der Waals surface area contributed by atoms with Crippen LogP contribution in [-0.4, -0.2) is 36.4 Å². The summed E-state index contributed by atoms with van der Waals surface area (Å²) in [5.41, 5.74) is 0.824. The van der Waals surface area contributed by atoms with E-state index in [4.69, 9.17) is 27.9 Å². The summed E-state index contributed by atoms with van der Waals surface area (Å²) in [4.78, 5) is 27.0. The number of hydrogen-bond donors (Lipinski definition) is 1. The second-order valence-corrected chi connectivity index (χ2v) is 7.77. The van der Waals surface area contributed by atoms with Gasteiger partial charge in [0.15, 0.2) is 0 Å². The van der Waals surface area contributed by atoms with Crippen LogP contribution in [0.5, 0.6) is 5.75 Å². The van der Waals surface area contributed by atoms with E-state index in [1.165, 1.54) is 0 Å². The molecule has 0 spiro atoms. The molecular formula is C22H24Cl2N2O3. The van der Waals surface area contributed by atoms with Gasteiger partial charge in [0.05, 0.1) is 11.6 Å². The molecule has 1 N–H and O–H groups in total. The highest BCUT2D eigenvalue weighted by atomic mass is 35.5. The van der Waals surface area contributed by atoms with Gasteiger partial charge < -0.3 is 15.0 Å². The monoisotopic (exact) mass is 434 g/mol. The van der Waals surface area contributed by atoms with Gasteiger partial charge in [0.25, 0.3) is 0 Å². The molecule has 0 aromatic heterocycles. The lowest BCUT2D eigenvalue weighted by Gasteiger charge is -2.34. The third-order valence-corrected chi connectivity index (χ3v) is 5.34. The molecule has 1 aliphatic rings. The number of likely N-dealkylation sites (tertiary alicyclic amines) is 1. The molecule has 2 amide bonds. The van der Waals surface area contributed by atoms with Gasteiger partial charge in [-0.25, -0.2) is 0 Å². The Balaban J connectivity index is 1.55. The summed E-state index contributed by atoms with van der Waals surface area (Å²) < 4.78 is 5.65. The number of nitrogens with one attached hydrogen (secondary N) is 1. The third-order valence-electron chi connectivity index (χ3n) is 4.81. The number of amides is 2. The maximum Gasteiger partial charge on any atom is 0.247 e. The van der Waals surface area contributed by atoms with Crippen LogP contribution in [0.25, 0.3) is 0 Å². The third kappa shape index (κ3) is 5.87. The average molecular weight is 435 g/mol. The molecule has 1 aliphatic heterocycles. The van der Waals surface area contributed by atoms with Crippen LogP contribution in [0.1, 0.15) is 37.3 Å². The molecule has 0 radical (unpaired) electrons. The Kier molecular flexibility index (Phi) is 7.78. The topological polar surface area (TPSA) is 58.6 Å². The molecule has 5 nitrogen and oxygen atoms in total. The summed E-state index contributed by atoms with van der Waals surface area (Å²) in [6.45, 7) is 1.44. The minimum absolute atomic E-state index is 0.0287. The highest BCUT2D eigenvalue weighted by Crippen LogP contribution is 2.28. The number of rotatable bonds is 8. The summed E-state index contributed by atoms with van der Waals surface area (Å²) in [7, 11) is 0. The first-order valence-corrected chi connectivity index (χ1v) is 10.5. The number of nitrogens with zero attached hydrogens (tertiary/aromatic N) is 1. The Morgan fingerprint density at radius 1 is 1.14 bits per heavy atom. The Morgan fingerprint density at radius 3 is 2.66 bits per heavy atom. The average Bonchev–Trinajstić information content (AvgIpc) is 2.72. The molecule has 2 aromatic rings. The number of carbonyl (C=O) groups is 2. The number of hydrogen-bond acceptors (Lipinski definition) is 3. The highest BCUT2D eigenvalue weighted by molar-refractivity contribution is 6.35. The lowest BCUT2D eigenvalue weighted by molar-refractivity contribution is -0.142. The zero-order valence-electron chi connectivity index (χ0n) is 16.1. The van der Waals surface area contributed by atoms with Crippen molar-refractivity contribution in [2.24, 2.45) is 0 Å². The van der Waals surface area contributed by atoms with Gasteiger partial charge in [0.2, 0.25) is 11.8 Å². The van der Waals surface area contributed by atoms with E-state index in [2.05, 4.69) is 5.32 Å². The number of halogens is 2. The van der Waals surface area contributed by atoms with Crippen LogP contribution in [0.2, 0.25) is 10.0 Å². The quantitative estimate of drug-likeness (QED) is 0.615. The van der Waals surface area contributed by atoms with E-state index < -0.39 is 6.04 Å². The van der Waals surface area contributed by atoms with Crippen molar-refractivity contribution in [2.45, 2.75) is 31.7 Å². The molecule has 29 heavy (non-hydrogen) atoms. The molecular weight excluding hydrogens is 411 g/mol. The van der Waals surface area contributed by atoms with Crippen molar-refractivity contribution in [3.63, 3.8) is 0 Å². The fourth-order valence-electron chi connectivity index (χ4n) is 3.36. The van der Waals surface area contributed by atoms with E-state index in [0.29, 0.717) is 48.3 Å². The van der Waals surface area contributed by atoms with Crippen molar-refractivity contribution in [1.29, 1.82) is 0 Å². The second-order valence-electron chi connectivity index (χ2n) is 6.93. The maximum atomic E-state index is 12.9. The Morgan fingerprint density at radius 2 is 1.93 bits per heavy atom. The standard InChI is InChI=1S/C22H24Cl2N2O3/c23-17-10-11-19(18(24)15-17)29-14-6-12-25-22(28)21(16-7-2-1-3-8-16)26-13-5-4-9-20(26)27/h1-3,7-8,10-11,15,21H,4-6,9,12-14H2,(H,25,28). The van der Waals surface area contributed by atoms with Gasteiger partial charge in [-0.2, -0.15) is 0 Å². The highest BCUT2D eigenvalue weighted by Gasteiger charge is 2.32. The van der Waals surface area contributed by atoms with E-state index in [9.17, 15) is 9.59 Å². The lowest BCUT2D eigenvalue weighted by Crippen LogP contribution is -2.46. The van der Waals surface area contributed by atoms with Gasteiger partial charge in [-0.1, -0.05) is 53.5 Å². The van der Waals surface area contributed by atoms with Crippen LogP contribution in [0.15, 0.2) is 48.5 Å².